The van der Waals surface area contributed by atoms with Gasteiger partial charge in [-0.15, -0.1) is 0 Å². The molecule has 1 aromatic carbocycles. The third-order valence-corrected chi connectivity index (χ3v) is 2.56. The van der Waals surface area contributed by atoms with Gasteiger partial charge in [0, 0.05) is 19.3 Å². The van der Waals surface area contributed by atoms with Crippen LogP contribution in [0.2, 0.25) is 0 Å². The molecule has 1 rings (SSSR count). The minimum absolute atomic E-state index is 0.0499. The van der Waals surface area contributed by atoms with Crippen molar-refractivity contribution in [3.63, 3.8) is 0 Å². The van der Waals surface area contributed by atoms with Crippen LogP contribution in [-0.4, -0.2) is 19.6 Å². The predicted octanol–water partition coefficient (Wildman–Crippen LogP) is 2.80. The summed E-state index contributed by atoms with van der Waals surface area (Å²) < 4.78 is 0. The smallest absolute Gasteiger partial charge is 0.321 e. The Morgan fingerprint density at radius 1 is 1.25 bits per heavy atom. The third kappa shape index (κ3) is 3.26. The number of anilines is 1. The molecular formula is C13H20N2O. The van der Waals surface area contributed by atoms with Crippen LogP contribution in [0.25, 0.3) is 0 Å². The number of urea groups is 1. The Bertz CT molecular complexity index is 332. The second-order valence-corrected chi connectivity index (χ2v) is 3.81. The zero-order chi connectivity index (χ0) is 12.0. The quantitative estimate of drug-likeness (QED) is 0.831. The first-order chi connectivity index (χ1) is 7.69. The fourth-order valence-corrected chi connectivity index (χ4v) is 1.42. The number of nitrogens with zero attached hydrogens (tertiary/aromatic N) is 1. The molecule has 0 saturated carbocycles. The van der Waals surface area contributed by atoms with E-state index in [4.69, 9.17) is 0 Å². The Balaban J connectivity index is 2.64. The summed E-state index contributed by atoms with van der Waals surface area (Å²) in [6, 6.07) is 8.01. The highest BCUT2D eigenvalue weighted by atomic mass is 16.2. The van der Waals surface area contributed by atoms with Gasteiger partial charge in [-0.05, 0) is 30.5 Å². The largest absolute Gasteiger partial charge is 0.338 e. The van der Waals surface area contributed by atoms with Crippen LogP contribution in [0.4, 0.5) is 10.5 Å². The number of rotatable bonds is 4. The third-order valence-electron chi connectivity index (χ3n) is 2.56. The van der Waals surface area contributed by atoms with Crippen molar-refractivity contribution in [3.05, 3.63) is 29.8 Å². The van der Waals surface area contributed by atoms with Crippen LogP contribution >= 0.6 is 0 Å². The maximum atomic E-state index is 11.7. The van der Waals surface area contributed by atoms with E-state index in [1.807, 2.05) is 19.1 Å². The average molecular weight is 220 g/mol. The highest BCUT2D eigenvalue weighted by Crippen LogP contribution is 2.14. The summed E-state index contributed by atoms with van der Waals surface area (Å²) in [5, 5.41) is 2.85. The molecule has 0 aliphatic heterocycles. The second-order valence-electron chi connectivity index (χ2n) is 3.81. The van der Waals surface area contributed by atoms with E-state index in [0.29, 0.717) is 0 Å². The molecule has 88 valence electrons. The molecule has 0 spiro atoms. The Hall–Kier alpha value is -1.51. The monoisotopic (exact) mass is 220 g/mol. The van der Waals surface area contributed by atoms with Crippen LogP contribution < -0.4 is 10.2 Å². The number of amides is 2. The number of aryl methyl sites for hydroxylation is 1. The van der Waals surface area contributed by atoms with Crippen molar-refractivity contribution < 1.29 is 4.79 Å². The summed E-state index contributed by atoms with van der Waals surface area (Å²) in [5.74, 6) is 0. The normalized spacial score (nSPS) is 9.94. The van der Waals surface area contributed by atoms with E-state index in [2.05, 4.69) is 24.4 Å². The van der Waals surface area contributed by atoms with Crippen molar-refractivity contribution in [2.75, 3.05) is 18.5 Å². The summed E-state index contributed by atoms with van der Waals surface area (Å²) in [6.45, 7) is 4.87. The molecule has 0 bridgehead atoms. The molecule has 0 aromatic heterocycles. The molecule has 0 heterocycles. The number of carbonyl (C=O) groups is 1. The van der Waals surface area contributed by atoms with E-state index in [0.717, 1.165) is 25.1 Å². The molecule has 3 heteroatoms. The first-order valence-electron chi connectivity index (χ1n) is 5.79. The molecule has 1 aromatic rings. The standard InChI is InChI=1S/C13H20N2O/c1-4-10-14-13(16)15(3)12-8-6-11(5-2)7-9-12/h6-9H,4-5,10H2,1-3H3,(H,14,16). The van der Waals surface area contributed by atoms with Crippen LogP contribution in [0.3, 0.4) is 0 Å². The first-order valence-corrected chi connectivity index (χ1v) is 5.79. The summed E-state index contributed by atoms with van der Waals surface area (Å²) in [5.41, 5.74) is 2.21. The Morgan fingerprint density at radius 3 is 2.38 bits per heavy atom. The molecule has 2 amide bonds. The molecule has 0 radical (unpaired) electrons. The van der Waals surface area contributed by atoms with Gasteiger partial charge < -0.3 is 5.32 Å². The van der Waals surface area contributed by atoms with Gasteiger partial charge in [0.1, 0.15) is 0 Å². The van der Waals surface area contributed by atoms with Crippen LogP contribution in [0.5, 0.6) is 0 Å². The van der Waals surface area contributed by atoms with E-state index in [9.17, 15) is 4.79 Å². The fraction of sp³-hybridized carbons (Fsp3) is 0.462. The zero-order valence-electron chi connectivity index (χ0n) is 10.3. The van der Waals surface area contributed by atoms with E-state index < -0.39 is 0 Å². The molecule has 0 unspecified atom stereocenters. The maximum absolute atomic E-state index is 11.7. The predicted molar refractivity (Wildman–Crippen MR) is 67.9 cm³/mol. The lowest BCUT2D eigenvalue weighted by Gasteiger charge is -2.18. The molecular weight excluding hydrogens is 200 g/mol. The lowest BCUT2D eigenvalue weighted by Crippen LogP contribution is -2.37. The lowest BCUT2D eigenvalue weighted by molar-refractivity contribution is 0.247. The van der Waals surface area contributed by atoms with Gasteiger partial charge in [-0.1, -0.05) is 26.0 Å². The Kier molecular flexibility index (Phi) is 4.83. The number of hydrogen-bond donors (Lipinski definition) is 1. The van der Waals surface area contributed by atoms with Gasteiger partial charge in [-0.25, -0.2) is 4.79 Å². The summed E-state index contributed by atoms with van der Waals surface area (Å²) >= 11 is 0. The van der Waals surface area contributed by atoms with E-state index in [1.165, 1.54) is 5.56 Å². The lowest BCUT2D eigenvalue weighted by atomic mass is 10.1. The molecule has 0 saturated heterocycles. The summed E-state index contributed by atoms with van der Waals surface area (Å²) in [4.78, 5) is 13.3. The topological polar surface area (TPSA) is 32.3 Å². The molecule has 16 heavy (non-hydrogen) atoms. The van der Waals surface area contributed by atoms with Crippen LogP contribution in [0, 0.1) is 0 Å². The van der Waals surface area contributed by atoms with Gasteiger partial charge in [0.25, 0.3) is 0 Å². The minimum Gasteiger partial charge on any atom is -0.338 e. The molecule has 0 aliphatic carbocycles. The van der Waals surface area contributed by atoms with E-state index >= 15 is 0 Å². The fourth-order valence-electron chi connectivity index (χ4n) is 1.42. The molecule has 1 N–H and O–H groups in total. The van der Waals surface area contributed by atoms with E-state index in [-0.39, 0.29) is 6.03 Å². The Morgan fingerprint density at radius 2 is 1.88 bits per heavy atom. The number of nitrogens with one attached hydrogen (secondary N) is 1. The van der Waals surface area contributed by atoms with Crippen molar-refractivity contribution in [1.82, 2.24) is 5.32 Å². The van der Waals surface area contributed by atoms with E-state index in [1.54, 1.807) is 11.9 Å². The van der Waals surface area contributed by atoms with Gasteiger partial charge in [-0.3, -0.25) is 4.90 Å². The van der Waals surface area contributed by atoms with Gasteiger partial charge in [0.2, 0.25) is 0 Å². The highest BCUT2D eigenvalue weighted by molar-refractivity contribution is 5.91. The minimum atomic E-state index is -0.0499. The van der Waals surface area contributed by atoms with Crippen molar-refractivity contribution >= 4 is 11.7 Å². The maximum Gasteiger partial charge on any atom is 0.321 e. The van der Waals surface area contributed by atoms with Gasteiger partial charge in [0.15, 0.2) is 0 Å². The van der Waals surface area contributed by atoms with Crippen molar-refractivity contribution in [1.29, 1.82) is 0 Å². The van der Waals surface area contributed by atoms with Crippen molar-refractivity contribution in [3.8, 4) is 0 Å². The number of carbonyl (C=O) groups excluding carboxylic acids is 1. The molecule has 3 nitrogen and oxygen atoms in total. The number of benzene rings is 1. The molecule has 0 aliphatic rings. The number of hydrogen-bond acceptors (Lipinski definition) is 1. The van der Waals surface area contributed by atoms with Crippen LogP contribution in [0.15, 0.2) is 24.3 Å². The van der Waals surface area contributed by atoms with Gasteiger partial charge in [-0.2, -0.15) is 0 Å². The second kappa shape index (κ2) is 6.16. The van der Waals surface area contributed by atoms with Crippen LogP contribution in [-0.2, 0) is 6.42 Å². The van der Waals surface area contributed by atoms with Crippen molar-refractivity contribution in [2.45, 2.75) is 26.7 Å². The van der Waals surface area contributed by atoms with Crippen molar-refractivity contribution in [2.24, 2.45) is 0 Å². The summed E-state index contributed by atoms with van der Waals surface area (Å²) in [6.07, 6.45) is 1.97. The molecule has 0 fully saturated rings. The highest BCUT2D eigenvalue weighted by Gasteiger charge is 2.08. The molecule has 0 atom stereocenters. The SMILES string of the molecule is CCCNC(=O)N(C)c1ccc(CC)cc1. The van der Waals surface area contributed by atoms with Gasteiger partial charge >= 0.3 is 6.03 Å². The summed E-state index contributed by atoms with van der Waals surface area (Å²) in [7, 11) is 1.78. The first kappa shape index (κ1) is 12.6. The van der Waals surface area contributed by atoms with Crippen LogP contribution in [0.1, 0.15) is 25.8 Å². The average Bonchev–Trinajstić information content (AvgIpc) is 2.35. The Labute approximate surface area is 97.5 Å². The van der Waals surface area contributed by atoms with Gasteiger partial charge in [0.05, 0.1) is 0 Å². The zero-order valence-corrected chi connectivity index (χ0v) is 10.3.